The van der Waals surface area contributed by atoms with Crippen LogP contribution in [0.4, 0.5) is 24.7 Å². The summed E-state index contributed by atoms with van der Waals surface area (Å²) in [5.41, 5.74) is 0.422. The quantitative estimate of drug-likeness (QED) is 0.371. The third-order valence-corrected chi connectivity index (χ3v) is 6.09. The van der Waals surface area contributed by atoms with Crippen LogP contribution in [0, 0.1) is 0 Å². The third kappa shape index (κ3) is 6.06. The van der Waals surface area contributed by atoms with Crippen molar-refractivity contribution in [3.05, 3.63) is 66.7 Å². The predicted molar refractivity (Wildman–Crippen MR) is 137 cm³/mol. The summed E-state index contributed by atoms with van der Waals surface area (Å²) in [7, 11) is 0. The molecule has 3 aromatic heterocycles. The maximum atomic E-state index is 13.5. The van der Waals surface area contributed by atoms with E-state index in [0.717, 1.165) is 6.07 Å². The van der Waals surface area contributed by atoms with Crippen LogP contribution in [0.2, 0.25) is 0 Å². The first kappa shape index (κ1) is 26.3. The van der Waals surface area contributed by atoms with Crippen LogP contribution in [0.3, 0.4) is 0 Å². The zero-order valence-corrected chi connectivity index (χ0v) is 21.1. The van der Waals surface area contributed by atoms with E-state index in [-0.39, 0.29) is 36.0 Å². The van der Waals surface area contributed by atoms with Gasteiger partial charge in [0.05, 0.1) is 29.0 Å². The molecule has 4 aromatic rings. The van der Waals surface area contributed by atoms with Crippen molar-refractivity contribution in [3.8, 4) is 17.0 Å². The van der Waals surface area contributed by atoms with Crippen molar-refractivity contribution >= 4 is 28.4 Å². The number of nitrogens with zero attached hydrogens (tertiary/aromatic N) is 5. The molecular weight excluding hydrogens is 513 g/mol. The van der Waals surface area contributed by atoms with E-state index in [1.807, 2.05) is 13.8 Å². The van der Waals surface area contributed by atoms with Crippen LogP contribution in [0.5, 0.6) is 5.75 Å². The number of amides is 1. The Hall–Kier alpha value is -4.32. The number of halogens is 3. The van der Waals surface area contributed by atoms with Gasteiger partial charge in [-0.05, 0) is 44.2 Å². The number of anilines is 2. The monoisotopic (exact) mass is 538 g/mol. The molecule has 4 heterocycles. The molecule has 1 aliphatic rings. The Bertz CT molecular complexity index is 1490. The number of nitrogens with one attached hydrogen (secondary N) is 1. The SMILES string of the molecule is C[C@@H]1CN(C(=O)COc2cccc(Nc3ncnc4cc(-c5ncccc5C(F)(F)F)cnc34)c2)C[C@H](C)O1. The van der Waals surface area contributed by atoms with Crippen LogP contribution in [-0.2, 0) is 15.7 Å². The Labute approximate surface area is 222 Å². The second-order valence-electron chi connectivity index (χ2n) is 9.21. The van der Waals surface area contributed by atoms with Gasteiger partial charge in [0.25, 0.3) is 5.91 Å². The number of benzene rings is 1. The van der Waals surface area contributed by atoms with Crippen molar-refractivity contribution < 1.29 is 27.4 Å². The number of carbonyl (C=O) groups excluding carboxylic acids is 1. The Morgan fingerprint density at radius 2 is 1.87 bits per heavy atom. The second-order valence-corrected chi connectivity index (χ2v) is 9.21. The van der Waals surface area contributed by atoms with Gasteiger partial charge in [0.15, 0.2) is 12.4 Å². The lowest BCUT2D eigenvalue weighted by molar-refractivity contribution is -0.145. The zero-order chi connectivity index (χ0) is 27.6. The molecule has 9 nitrogen and oxygen atoms in total. The number of carbonyl (C=O) groups is 1. The average Bonchev–Trinajstić information content (AvgIpc) is 2.91. The van der Waals surface area contributed by atoms with Crippen LogP contribution < -0.4 is 10.1 Å². The smallest absolute Gasteiger partial charge is 0.418 e. The number of pyridine rings is 2. The lowest BCUT2D eigenvalue weighted by Crippen LogP contribution is -2.49. The summed E-state index contributed by atoms with van der Waals surface area (Å²) in [6.07, 6.45) is -0.725. The molecule has 1 N–H and O–H groups in total. The molecule has 1 saturated heterocycles. The minimum atomic E-state index is -4.56. The largest absolute Gasteiger partial charge is 0.484 e. The average molecular weight is 539 g/mol. The fourth-order valence-electron chi connectivity index (χ4n) is 4.45. The highest BCUT2D eigenvalue weighted by atomic mass is 19.4. The Morgan fingerprint density at radius 1 is 1.08 bits per heavy atom. The number of fused-ring (bicyclic) bond motifs is 1. The number of hydrogen-bond acceptors (Lipinski definition) is 8. The molecule has 0 spiro atoms. The second kappa shape index (κ2) is 10.8. The molecule has 202 valence electrons. The molecule has 12 heteroatoms. The van der Waals surface area contributed by atoms with Gasteiger partial charge < -0.3 is 19.7 Å². The van der Waals surface area contributed by atoms with Crippen LogP contribution in [0.1, 0.15) is 19.4 Å². The van der Waals surface area contributed by atoms with Crippen molar-refractivity contribution in [2.75, 3.05) is 25.0 Å². The van der Waals surface area contributed by atoms with E-state index in [4.69, 9.17) is 9.47 Å². The van der Waals surface area contributed by atoms with Gasteiger partial charge in [-0.1, -0.05) is 6.07 Å². The molecule has 0 saturated carbocycles. The Kier molecular flexibility index (Phi) is 7.29. The van der Waals surface area contributed by atoms with Crippen LogP contribution in [-0.4, -0.2) is 62.6 Å². The molecule has 0 unspecified atom stereocenters. The molecule has 0 aliphatic carbocycles. The fraction of sp³-hybridized carbons (Fsp3) is 0.296. The van der Waals surface area contributed by atoms with Gasteiger partial charge in [-0.2, -0.15) is 13.2 Å². The molecule has 1 aromatic carbocycles. The number of alkyl halides is 3. The van der Waals surface area contributed by atoms with E-state index in [0.29, 0.717) is 41.4 Å². The van der Waals surface area contributed by atoms with Gasteiger partial charge in [0.1, 0.15) is 17.6 Å². The number of morpholine rings is 1. The summed E-state index contributed by atoms with van der Waals surface area (Å²) in [5.74, 6) is 0.707. The lowest BCUT2D eigenvalue weighted by Gasteiger charge is -2.35. The van der Waals surface area contributed by atoms with Crippen molar-refractivity contribution in [2.24, 2.45) is 0 Å². The highest BCUT2D eigenvalue weighted by Gasteiger charge is 2.34. The minimum absolute atomic E-state index is 0.0340. The summed E-state index contributed by atoms with van der Waals surface area (Å²) in [6, 6.07) is 10.7. The normalized spacial score (nSPS) is 17.7. The summed E-state index contributed by atoms with van der Waals surface area (Å²) < 4.78 is 51.9. The fourth-order valence-corrected chi connectivity index (χ4v) is 4.45. The summed E-state index contributed by atoms with van der Waals surface area (Å²) in [5, 5.41) is 3.14. The summed E-state index contributed by atoms with van der Waals surface area (Å²) in [6.45, 7) is 4.77. The van der Waals surface area contributed by atoms with Gasteiger partial charge in [-0.25, -0.2) is 15.0 Å². The topological polar surface area (TPSA) is 102 Å². The first-order valence-electron chi connectivity index (χ1n) is 12.2. The lowest BCUT2D eigenvalue weighted by atomic mass is 10.1. The number of rotatable bonds is 6. The van der Waals surface area contributed by atoms with Crippen molar-refractivity contribution in [1.82, 2.24) is 24.8 Å². The van der Waals surface area contributed by atoms with E-state index < -0.39 is 11.7 Å². The van der Waals surface area contributed by atoms with Crippen LogP contribution >= 0.6 is 0 Å². The first-order chi connectivity index (χ1) is 18.7. The Balaban J connectivity index is 1.32. The zero-order valence-electron chi connectivity index (χ0n) is 21.1. The van der Waals surface area contributed by atoms with Gasteiger partial charge in [-0.15, -0.1) is 0 Å². The van der Waals surface area contributed by atoms with Gasteiger partial charge in [0.2, 0.25) is 0 Å². The van der Waals surface area contributed by atoms with E-state index in [2.05, 4.69) is 25.3 Å². The highest BCUT2D eigenvalue weighted by Crippen LogP contribution is 2.36. The van der Waals surface area contributed by atoms with E-state index in [9.17, 15) is 18.0 Å². The maximum absolute atomic E-state index is 13.5. The molecule has 2 atom stereocenters. The molecule has 1 amide bonds. The highest BCUT2D eigenvalue weighted by molar-refractivity contribution is 5.89. The summed E-state index contributed by atoms with van der Waals surface area (Å²) >= 11 is 0. The van der Waals surface area contributed by atoms with Crippen molar-refractivity contribution in [2.45, 2.75) is 32.2 Å². The molecule has 0 bridgehead atoms. The number of hydrogen-bond donors (Lipinski definition) is 1. The van der Waals surface area contributed by atoms with E-state index in [1.54, 1.807) is 29.2 Å². The maximum Gasteiger partial charge on any atom is 0.418 e. The van der Waals surface area contributed by atoms with E-state index in [1.165, 1.54) is 30.9 Å². The molecule has 1 fully saturated rings. The molecule has 39 heavy (non-hydrogen) atoms. The predicted octanol–water partition coefficient (Wildman–Crippen LogP) is 4.86. The molecular formula is C27H25F3N6O3. The van der Waals surface area contributed by atoms with Crippen LogP contribution in [0.15, 0.2) is 61.2 Å². The third-order valence-electron chi connectivity index (χ3n) is 6.09. The van der Waals surface area contributed by atoms with Gasteiger partial charge in [-0.3, -0.25) is 9.78 Å². The molecule has 1 aliphatic heterocycles. The molecule has 0 radical (unpaired) electrons. The van der Waals surface area contributed by atoms with Crippen LogP contribution in [0.25, 0.3) is 22.3 Å². The van der Waals surface area contributed by atoms with E-state index >= 15 is 0 Å². The minimum Gasteiger partial charge on any atom is -0.484 e. The Morgan fingerprint density at radius 3 is 2.64 bits per heavy atom. The van der Waals surface area contributed by atoms with Gasteiger partial charge >= 0.3 is 6.18 Å². The standard InChI is InChI=1S/C27H25F3N6O3/c1-16-12-36(13-17(2)39-16)23(37)14-38-20-6-3-5-19(10-20)35-26-25-22(33-15-34-26)9-18(11-32-25)24-21(27(28,29)30)7-4-8-31-24/h3-11,15-17H,12-14H2,1-2H3,(H,33,34,35)/t16-,17+. The molecule has 5 rings (SSSR count). The summed E-state index contributed by atoms with van der Waals surface area (Å²) in [4.78, 5) is 31.1. The van der Waals surface area contributed by atoms with Crippen molar-refractivity contribution in [3.63, 3.8) is 0 Å². The van der Waals surface area contributed by atoms with Crippen molar-refractivity contribution in [1.29, 1.82) is 0 Å². The van der Waals surface area contributed by atoms with Gasteiger partial charge in [0, 0.05) is 42.8 Å². The number of ether oxygens (including phenoxy) is 2. The number of aromatic nitrogens is 4. The first-order valence-corrected chi connectivity index (χ1v) is 12.2.